The molecule has 0 saturated heterocycles. The number of carbonyl (C=O) groups excluding carboxylic acids is 1. The van der Waals surface area contributed by atoms with Crippen LogP contribution in [0, 0.1) is 0 Å². The zero-order valence-electron chi connectivity index (χ0n) is 8.09. The second-order valence-corrected chi connectivity index (χ2v) is 3.83. The molecule has 1 atom stereocenters. The smallest absolute Gasteiger partial charge is 0.246 e. The lowest BCUT2D eigenvalue weighted by atomic mass is 10.1. The van der Waals surface area contributed by atoms with Crippen molar-refractivity contribution in [3.05, 3.63) is 28.8 Å². The molecule has 1 aromatic carbocycles. The van der Waals surface area contributed by atoms with Crippen LogP contribution in [0.25, 0.3) is 0 Å². The number of halogens is 1. The van der Waals surface area contributed by atoms with Crippen LogP contribution >= 0.6 is 11.6 Å². The first-order valence-electron chi connectivity index (χ1n) is 4.76. The van der Waals surface area contributed by atoms with Crippen LogP contribution in [-0.4, -0.2) is 19.0 Å². The maximum Gasteiger partial charge on any atom is 0.246 e. The Morgan fingerprint density at radius 1 is 1.53 bits per heavy atom. The highest BCUT2D eigenvalue weighted by Crippen LogP contribution is 2.32. The van der Waals surface area contributed by atoms with Gasteiger partial charge in [0.25, 0.3) is 0 Å². The summed E-state index contributed by atoms with van der Waals surface area (Å²) in [5.74, 6) is -0.0549. The molecule has 1 heterocycles. The Balaban J connectivity index is 2.25. The van der Waals surface area contributed by atoms with E-state index in [1.807, 2.05) is 6.07 Å². The van der Waals surface area contributed by atoms with Crippen LogP contribution in [0.5, 0.6) is 0 Å². The lowest BCUT2D eigenvalue weighted by Gasteiger charge is -2.09. The zero-order valence-corrected chi connectivity index (χ0v) is 8.84. The van der Waals surface area contributed by atoms with Crippen molar-refractivity contribution in [1.82, 2.24) is 5.32 Å². The van der Waals surface area contributed by atoms with Gasteiger partial charge in [0.2, 0.25) is 5.91 Å². The van der Waals surface area contributed by atoms with Crippen molar-refractivity contribution >= 4 is 23.2 Å². The molecule has 0 aromatic heterocycles. The van der Waals surface area contributed by atoms with E-state index in [0.29, 0.717) is 18.1 Å². The third-order valence-corrected chi connectivity index (χ3v) is 2.57. The average Bonchev–Trinajstić information content (AvgIpc) is 2.50. The molecule has 1 aromatic rings. The standard InChI is InChI=1S/C10H12ClN3O/c11-6-1-2-7-8(5-6)14-10(15)9(7)13-4-3-12/h1-2,5,9,13H,3-4,12H2,(H,14,15). The first-order valence-corrected chi connectivity index (χ1v) is 5.14. The van der Waals surface area contributed by atoms with E-state index in [1.54, 1.807) is 12.1 Å². The van der Waals surface area contributed by atoms with Crippen LogP contribution in [0.1, 0.15) is 11.6 Å². The van der Waals surface area contributed by atoms with Gasteiger partial charge in [-0.25, -0.2) is 0 Å². The Morgan fingerprint density at radius 3 is 3.07 bits per heavy atom. The second kappa shape index (κ2) is 4.18. The zero-order chi connectivity index (χ0) is 10.8. The van der Waals surface area contributed by atoms with E-state index in [2.05, 4.69) is 10.6 Å². The van der Waals surface area contributed by atoms with E-state index in [9.17, 15) is 4.79 Å². The molecule has 5 heteroatoms. The first-order chi connectivity index (χ1) is 7.22. The molecule has 0 saturated carbocycles. The number of benzene rings is 1. The van der Waals surface area contributed by atoms with Crippen molar-refractivity contribution in [3.63, 3.8) is 0 Å². The monoisotopic (exact) mass is 225 g/mol. The van der Waals surface area contributed by atoms with E-state index in [0.717, 1.165) is 11.3 Å². The van der Waals surface area contributed by atoms with Gasteiger partial charge in [-0.1, -0.05) is 17.7 Å². The molecule has 1 unspecified atom stereocenters. The Hall–Kier alpha value is -1.10. The lowest BCUT2D eigenvalue weighted by molar-refractivity contribution is -0.117. The molecule has 1 amide bonds. The van der Waals surface area contributed by atoms with Crippen LogP contribution in [0.3, 0.4) is 0 Å². The van der Waals surface area contributed by atoms with Gasteiger partial charge in [-0.3, -0.25) is 4.79 Å². The fourth-order valence-electron chi connectivity index (χ4n) is 1.66. The molecule has 0 fully saturated rings. The summed E-state index contributed by atoms with van der Waals surface area (Å²) < 4.78 is 0. The second-order valence-electron chi connectivity index (χ2n) is 3.40. The molecule has 1 aliphatic rings. The van der Waals surface area contributed by atoms with Gasteiger partial charge in [0.1, 0.15) is 6.04 Å². The number of nitrogens with one attached hydrogen (secondary N) is 2. The predicted molar refractivity (Wildman–Crippen MR) is 59.9 cm³/mol. The number of hydrogen-bond acceptors (Lipinski definition) is 3. The van der Waals surface area contributed by atoms with E-state index in [4.69, 9.17) is 17.3 Å². The molecule has 80 valence electrons. The molecular formula is C10H12ClN3O. The third-order valence-electron chi connectivity index (χ3n) is 2.34. The minimum Gasteiger partial charge on any atom is -0.329 e. The molecular weight excluding hydrogens is 214 g/mol. The Morgan fingerprint density at radius 2 is 2.33 bits per heavy atom. The first kappa shape index (κ1) is 10.4. The summed E-state index contributed by atoms with van der Waals surface area (Å²) in [5.41, 5.74) is 7.09. The van der Waals surface area contributed by atoms with Crippen molar-refractivity contribution in [2.75, 3.05) is 18.4 Å². The predicted octanol–water partition coefficient (Wildman–Crippen LogP) is 0.881. The SMILES string of the molecule is NCCNC1C(=O)Nc2cc(Cl)ccc21. The topological polar surface area (TPSA) is 67.1 Å². The van der Waals surface area contributed by atoms with Crippen LogP contribution in [0.15, 0.2) is 18.2 Å². The quantitative estimate of drug-likeness (QED) is 0.716. The largest absolute Gasteiger partial charge is 0.329 e. The van der Waals surface area contributed by atoms with Crippen LogP contribution in [0.2, 0.25) is 5.02 Å². The van der Waals surface area contributed by atoms with E-state index in [-0.39, 0.29) is 11.9 Å². The number of nitrogens with two attached hydrogens (primary N) is 1. The van der Waals surface area contributed by atoms with Gasteiger partial charge in [0.05, 0.1) is 0 Å². The highest BCUT2D eigenvalue weighted by atomic mass is 35.5. The Kier molecular flexibility index (Phi) is 2.90. The highest BCUT2D eigenvalue weighted by Gasteiger charge is 2.29. The molecule has 0 spiro atoms. The normalized spacial score (nSPS) is 18.8. The fourth-order valence-corrected chi connectivity index (χ4v) is 1.84. The maximum atomic E-state index is 11.6. The molecule has 0 bridgehead atoms. The van der Waals surface area contributed by atoms with Crippen molar-refractivity contribution in [2.24, 2.45) is 5.73 Å². The molecule has 4 N–H and O–H groups in total. The molecule has 0 radical (unpaired) electrons. The molecule has 0 aliphatic carbocycles. The minimum absolute atomic E-state index is 0.0549. The molecule has 1 aliphatic heterocycles. The van der Waals surface area contributed by atoms with Crippen LogP contribution < -0.4 is 16.4 Å². The van der Waals surface area contributed by atoms with Gasteiger partial charge in [-0.05, 0) is 12.1 Å². The number of hydrogen-bond donors (Lipinski definition) is 3. The van der Waals surface area contributed by atoms with Crippen LogP contribution in [-0.2, 0) is 4.79 Å². The molecule has 2 rings (SSSR count). The van der Waals surface area contributed by atoms with Gasteiger partial charge >= 0.3 is 0 Å². The Bertz CT molecular complexity index is 394. The number of anilines is 1. The fraction of sp³-hybridized carbons (Fsp3) is 0.300. The summed E-state index contributed by atoms with van der Waals surface area (Å²) in [7, 11) is 0. The van der Waals surface area contributed by atoms with Crippen LogP contribution in [0.4, 0.5) is 5.69 Å². The minimum atomic E-state index is -0.305. The van der Waals surface area contributed by atoms with Gasteiger partial charge < -0.3 is 16.4 Å². The van der Waals surface area contributed by atoms with Gasteiger partial charge in [-0.15, -0.1) is 0 Å². The highest BCUT2D eigenvalue weighted by molar-refractivity contribution is 6.31. The summed E-state index contributed by atoms with van der Waals surface area (Å²) in [6, 6.07) is 5.07. The van der Waals surface area contributed by atoms with Crippen molar-refractivity contribution in [2.45, 2.75) is 6.04 Å². The van der Waals surface area contributed by atoms with E-state index in [1.165, 1.54) is 0 Å². The maximum absolute atomic E-state index is 11.6. The number of carbonyl (C=O) groups is 1. The molecule has 15 heavy (non-hydrogen) atoms. The van der Waals surface area contributed by atoms with Crippen molar-refractivity contribution in [3.8, 4) is 0 Å². The van der Waals surface area contributed by atoms with E-state index < -0.39 is 0 Å². The van der Waals surface area contributed by atoms with Gasteiger partial charge in [0, 0.05) is 29.4 Å². The summed E-state index contributed by atoms with van der Waals surface area (Å²) in [6.45, 7) is 1.12. The lowest BCUT2D eigenvalue weighted by Crippen LogP contribution is -2.31. The summed E-state index contributed by atoms with van der Waals surface area (Å²) >= 11 is 5.83. The molecule has 4 nitrogen and oxygen atoms in total. The number of fused-ring (bicyclic) bond motifs is 1. The van der Waals surface area contributed by atoms with Crippen molar-refractivity contribution in [1.29, 1.82) is 0 Å². The average molecular weight is 226 g/mol. The van der Waals surface area contributed by atoms with Gasteiger partial charge in [-0.2, -0.15) is 0 Å². The van der Waals surface area contributed by atoms with Crippen molar-refractivity contribution < 1.29 is 4.79 Å². The van der Waals surface area contributed by atoms with Gasteiger partial charge in [0.15, 0.2) is 0 Å². The number of amides is 1. The summed E-state index contributed by atoms with van der Waals surface area (Å²) in [4.78, 5) is 11.6. The Labute approximate surface area is 92.8 Å². The summed E-state index contributed by atoms with van der Waals surface area (Å²) in [5, 5.41) is 6.47. The van der Waals surface area contributed by atoms with E-state index >= 15 is 0 Å². The summed E-state index contributed by atoms with van der Waals surface area (Å²) in [6.07, 6.45) is 0. The number of rotatable bonds is 3. The third kappa shape index (κ3) is 1.97.